The van der Waals surface area contributed by atoms with Gasteiger partial charge in [0.15, 0.2) is 0 Å². The van der Waals surface area contributed by atoms with E-state index in [0.29, 0.717) is 18.7 Å². The number of nitrogens with zero attached hydrogens (tertiary/aromatic N) is 1. The van der Waals surface area contributed by atoms with Crippen LogP contribution in [0.25, 0.3) is 0 Å². The van der Waals surface area contributed by atoms with Crippen LogP contribution in [0.1, 0.15) is 17.2 Å². The van der Waals surface area contributed by atoms with E-state index in [4.69, 9.17) is 10.5 Å². The SMILES string of the molecule is NC(=O)N1CCO[C@@H](c2ccc(C(F)(F)F)cc2)C1. The summed E-state index contributed by atoms with van der Waals surface area (Å²) in [6.07, 6.45) is -4.80. The minimum atomic E-state index is -4.36. The van der Waals surface area contributed by atoms with Gasteiger partial charge < -0.3 is 15.4 Å². The van der Waals surface area contributed by atoms with Gasteiger partial charge in [-0.3, -0.25) is 0 Å². The summed E-state index contributed by atoms with van der Waals surface area (Å²) >= 11 is 0. The molecule has 1 saturated heterocycles. The van der Waals surface area contributed by atoms with Gasteiger partial charge in [-0.05, 0) is 17.7 Å². The van der Waals surface area contributed by atoms with Gasteiger partial charge in [-0.2, -0.15) is 13.2 Å². The Balaban J connectivity index is 2.12. The molecule has 0 radical (unpaired) electrons. The van der Waals surface area contributed by atoms with Gasteiger partial charge in [0, 0.05) is 6.54 Å². The summed E-state index contributed by atoms with van der Waals surface area (Å²) in [4.78, 5) is 12.5. The van der Waals surface area contributed by atoms with Crippen LogP contribution in [0.15, 0.2) is 24.3 Å². The van der Waals surface area contributed by atoms with Gasteiger partial charge in [0.25, 0.3) is 0 Å². The first-order valence-electron chi connectivity index (χ1n) is 5.71. The second-order valence-electron chi connectivity index (χ2n) is 4.26. The van der Waals surface area contributed by atoms with Crippen LogP contribution < -0.4 is 5.73 Å². The number of ether oxygens (including phenoxy) is 1. The number of carbonyl (C=O) groups is 1. The number of primary amides is 1. The molecule has 1 aliphatic rings. The third kappa shape index (κ3) is 3.17. The fourth-order valence-electron chi connectivity index (χ4n) is 1.94. The molecular formula is C12H13F3N2O2. The summed E-state index contributed by atoms with van der Waals surface area (Å²) in [5, 5.41) is 0. The predicted molar refractivity (Wildman–Crippen MR) is 61.3 cm³/mol. The Labute approximate surface area is 107 Å². The highest BCUT2D eigenvalue weighted by Crippen LogP contribution is 2.31. The Bertz CT molecular complexity index is 459. The molecule has 0 aliphatic carbocycles. The van der Waals surface area contributed by atoms with Crippen molar-refractivity contribution in [1.82, 2.24) is 4.90 Å². The summed E-state index contributed by atoms with van der Waals surface area (Å²) in [6, 6.07) is 4.17. The van der Waals surface area contributed by atoms with E-state index in [-0.39, 0.29) is 6.54 Å². The van der Waals surface area contributed by atoms with Crippen molar-refractivity contribution in [3.05, 3.63) is 35.4 Å². The number of benzene rings is 1. The second kappa shape index (κ2) is 5.08. The zero-order valence-corrected chi connectivity index (χ0v) is 9.98. The highest BCUT2D eigenvalue weighted by molar-refractivity contribution is 5.72. The van der Waals surface area contributed by atoms with Gasteiger partial charge in [-0.15, -0.1) is 0 Å². The van der Waals surface area contributed by atoms with E-state index < -0.39 is 23.9 Å². The minimum Gasteiger partial charge on any atom is -0.370 e. The zero-order chi connectivity index (χ0) is 14.0. The smallest absolute Gasteiger partial charge is 0.370 e. The molecule has 0 aromatic heterocycles. The molecule has 0 spiro atoms. The molecule has 1 aromatic rings. The molecule has 0 unspecified atom stereocenters. The van der Waals surface area contributed by atoms with E-state index in [1.807, 2.05) is 0 Å². The van der Waals surface area contributed by atoms with Crippen LogP contribution in [-0.2, 0) is 10.9 Å². The van der Waals surface area contributed by atoms with Crippen molar-refractivity contribution >= 4 is 6.03 Å². The molecule has 2 N–H and O–H groups in total. The standard InChI is InChI=1S/C12H13F3N2O2/c13-12(14,15)9-3-1-8(2-4-9)10-7-17(11(16)18)5-6-19-10/h1-4,10H,5-7H2,(H2,16,18)/t10-/m1/s1. The van der Waals surface area contributed by atoms with Gasteiger partial charge in [-0.25, -0.2) is 4.79 Å². The van der Waals surface area contributed by atoms with Crippen molar-refractivity contribution in [3.63, 3.8) is 0 Å². The lowest BCUT2D eigenvalue weighted by atomic mass is 10.1. The fourth-order valence-corrected chi connectivity index (χ4v) is 1.94. The second-order valence-corrected chi connectivity index (χ2v) is 4.26. The maximum absolute atomic E-state index is 12.4. The molecule has 104 valence electrons. The molecule has 1 atom stereocenters. The molecule has 1 heterocycles. The third-order valence-electron chi connectivity index (χ3n) is 2.99. The van der Waals surface area contributed by atoms with Gasteiger partial charge in [0.05, 0.1) is 18.7 Å². The Kier molecular flexibility index (Phi) is 3.66. The quantitative estimate of drug-likeness (QED) is 0.853. The Morgan fingerprint density at radius 2 is 1.95 bits per heavy atom. The van der Waals surface area contributed by atoms with Gasteiger partial charge in [0.2, 0.25) is 0 Å². The highest BCUT2D eigenvalue weighted by atomic mass is 19.4. The molecule has 4 nitrogen and oxygen atoms in total. The van der Waals surface area contributed by atoms with Crippen molar-refractivity contribution < 1.29 is 22.7 Å². The maximum atomic E-state index is 12.4. The van der Waals surface area contributed by atoms with E-state index >= 15 is 0 Å². The van der Waals surface area contributed by atoms with Crippen LogP contribution >= 0.6 is 0 Å². The van der Waals surface area contributed by atoms with E-state index in [2.05, 4.69) is 0 Å². The summed E-state index contributed by atoms with van der Waals surface area (Å²) < 4.78 is 42.7. The van der Waals surface area contributed by atoms with E-state index in [9.17, 15) is 18.0 Å². The van der Waals surface area contributed by atoms with Crippen LogP contribution in [0.3, 0.4) is 0 Å². The molecule has 19 heavy (non-hydrogen) atoms. The molecule has 1 fully saturated rings. The number of hydrogen-bond acceptors (Lipinski definition) is 2. The molecule has 7 heteroatoms. The van der Waals surface area contributed by atoms with Crippen molar-refractivity contribution in [2.24, 2.45) is 5.73 Å². The molecule has 2 amide bonds. The topological polar surface area (TPSA) is 55.6 Å². The zero-order valence-electron chi connectivity index (χ0n) is 9.98. The maximum Gasteiger partial charge on any atom is 0.416 e. The summed E-state index contributed by atoms with van der Waals surface area (Å²) in [5.74, 6) is 0. The van der Waals surface area contributed by atoms with Gasteiger partial charge >= 0.3 is 12.2 Å². The lowest BCUT2D eigenvalue weighted by Crippen LogP contribution is -2.44. The number of carbonyl (C=O) groups excluding carboxylic acids is 1. The van der Waals surface area contributed by atoms with Gasteiger partial charge in [-0.1, -0.05) is 12.1 Å². The number of morpholine rings is 1. The lowest BCUT2D eigenvalue weighted by Gasteiger charge is -2.32. The first-order valence-corrected chi connectivity index (χ1v) is 5.71. The third-order valence-corrected chi connectivity index (χ3v) is 2.99. The Hall–Kier alpha value is -1.76. The van der Waals surface area contributed by atoms with Crippen LogP contribution in [0, 0.1) is 0 Å². The Morgan fingerprint density at radius 3 is 2.47 bits per heavy atom. The molecular weight excluding hydrogens is 261 g/mol. The molecule has 0 saturated carbocycles. The summed E-state index contributed by atoms with van der Waals surface area (Å²) in [7, 11) is 0. The average molecular weight is 274 g/mol. The lowest BCUT2D eigenvalue weighted by molar-refractivity contribution is -0.137. The Morgan fingerprint density at radius 1 is 1.32 bits per heavy atom. The van der Waals surface area contributed by atoms with Crippen LogP contribution in [-0.4, -0.2) is 30.6 Å². The van der Waals surface area contributed by atoms with Crippen molar-refractivity contribution in [2.45, 2.75) is 12.3 Å². The van der Waals surface area contributed by atoms with Crippen molar-refractivity contribution in [3.8, 4) is 0 Å². The van der Waals surface area contributed by atoms with Crippen molar-refractivity contribution in [1.29, 1.82) is 0 Å². The van der Waals surface area contributed by atoms with Crippen LogP contribution in [0.5, 0.6) is 0 Å². The van der Waals surface area contributed by atoms with Crippen molar-refractivity contribution in [2.75, 3.05) is 19.7 Å². The number of urea groups is 1. The normalized spacial score (nSPS) is 20.4. The first-order chi connectivity index (χ1) is 8.88. The monoisotopic (exact) mass is 274 g/mol. The highest BCUT2D eigenvalue weighted by Gasteiger charge is 2.31. The van der Waals surface area contributed by atoms with E-state index in [1.165, 1.54) is 17.0 Å². The number of halogens is 3. The van der Waals surface area contributed by atoms with Crippen LogP contribution in [0.4, 0.5) is 18.0 Å². The first kappa shape index (κ1) is 13.7. The largest absolute Gasteiger partial charge is 0.416 e. The van der Waals surface area contributed by atoms with E-state index in [1.54, 1.807) is 0 Å². The number of amides is 2. The fraction of sp³-hybridized carbons (Fsp3) is 0.417. The minimum absolute atomic E-state index is 0.251. The van der Waals surface area contributed by atoms with Gasteiger partial charge in [0.1, 0.15) is 6.10 Å². The van der Waals surface area contributed by atoms with E-state index in [0.717, 1.165) is 12.1 Å². The number of hydrogen-bond donors (Lipinski definition) is 1. The summed E-state index contributed by atoms with van der Waals surface area (Å²) in [6.45, 7) is 0.960. The summed E-state index contributed by atoms with van der Waals surface area (Å²) in [5.41, 5.74) is 5.06. The molecule has 2 rings (SSSR count). The number of nitrogens with two attached hydrogens (primary N) is 1. The molecule has 0 bridgehead atoms. The average Bonchev–Trinajstić information content (AvgIpc) is 2.38. The molecule has 1 aromatic carbocycles. The number of alkyl halides is 3. The predicted octanol–water partition coefficient (Wildman–Crippen LogP) is 2.16. The molecule has 1 aliphatic heterocycles. The van der Waals surface area contributed by atoms with Crippen LogP contribution in [0.2, 0.25) is 0 Å². The number of rotatable bonds is 1.